The van der Waals surface area contributed by atoms with Gasteiger partial charge in [-0.1, -0.05) is 30.3 Å². The average Bonchev–Trinajstić information content (AvgIpc) is 2.05. The zero-order valence-corrected chi connectivity index (χ0v) is 8.76. The van der Waals surface area contributed by atoms with Crippen molar-refractivity contribution in [2.24, 2.45) is 0 Å². The molecule has 0 heterocycles. The van der Waals surface area contributed by atoms with Crippen LogP contribution in [-0.2, 0) is 0 Å². The van der Waals surface area contributed by atoms with Crippen LogP contribution in [0, 0.1) is 11.3 Å². The number of nitrogens with zero attached hydrogens (tertiary/aromatic N) is 1. The molecule has 2 unspecified atom stereocenters. The molecule has 1 nitrogen and oxygen atoms in total. The van der Waals surface area contributed by atoms with E-state index in [1.165, 1.54) is 0 Å². The van der Waals surface area contributed by atoms with Crippen LogP contribution < -0.4 is 0 Å². The monoisotopic (exact) mass is 229 g/mol. The summed E-state index contributed by atoms with van der Waals surface area (Å²) < 4.78 is 0. The molecular weight excluding hydrogens is 221 g/mol. The predicted molar refractivity (Wildman–Crippen MR) is 54.8 cm³/mol. The molecule has 11 heavy (non-hydrogen) atoms. The largest absolute Gasteiger partial charge is 0.197 e. The fourth-order valence-corrected chi connectivity index (χ4v) is 0.957. The van der Waals surface area contributed by atoms with Crippen molar-refractivity contribution in [2.45, 2.75) is 5.66 Å². The molecule has 0 fully saturated rings. The van der Waals surface area contributed by atoms with E-state index in [0.29, 0.717) is 0 Å². The minimum atomic E-state index is -0.0683. The number of rotatable bonds is 1. The third kappa shape index (κ3) is 3.01. The highest BCUT2D eigenvalue weighted by Gasteiger charge is 1.99. The third-order valence-electron chi connectivity index (χ3n) is 1.30. The van der Waals surface area contributed by atoms with Crippen molar-refractivity contribution in [3.8, 4) is 6.07 Å². The highest BCUT2D eigenvalue weighted by Crippen LogP contribution is 2.20. The van der Waals surface area contributed by atoms with Gasteiger partial charge in [0.25, 0.3) is 0 Å². The molecule has 3 heteroatoms. The molecule has 0 N–H and O–H groups in total. The van der Waals surface area contributed by atoms with Gasteiger partial charge in [0.2, 0.25) is 0 Å². The fraction of sp³-hybridized carbons (Fsp3) is 0.125. The molecule has 0 amide bonds. The van der Waals surface area contributed by atoms with E-state index in [9.17, 15) is 0 Å². The molecule has 0 bridgehead atoms. The van der Waals surface area contributed by atoms with Gasteiger partial charge in [-0.25, -0.2) is 0 Å². The topological polar surface area (TPSA) is 23.8 Å². The lowest BCUT2D eigenvalue weighted by molar-refractivity contribution is 1.23. The number of halogens is 1. The Balaban J connectivity index is 0.000001000. The van der Waals surface area contributed by atoms with Crippen molar-refractivity contribution in [2.75, 3.05) is 0 Å². The summed E-state index contributed by atoms with van der Waals surface area (Å²) in [6.45, 7) is 0. The second kappa shape index (κ2) is 5.29. The van der Waals surface area contributed by atoms with Crippen LogP contribution in [0.15, 0.2) is 30.3 Å². The maximum atomic E-state index is 8.52. The Hall–Kier alpha value is -0.380. The van der Waals surface area contributed by atoms with Crippen molar-refractivity contribution < 1.29 is 0 Å². The second-order valence-corrected chi connectivity index (χ2v) is 2.68. The zero-order valence-electron chi connectivity index (χ0n) is 5.90. The number of benzene rings is 1. The first-order valence-corrected chi connectivity index (χ1v) is 3.71. The second-order valence-electron chi connectivity index (χ2n) is 2.02. The lowest BCUT2D eigenvalue weighted by Crippen LogP contribution is -1.82. The molecule has 58 valence electrons. The van der Waals surface area contributed by atoms with Crippen molar-refractivity contribution in [1.82, 2.24) is 0 Å². The van der Waals surface area contributed by atoms with Gasteiger partial charge in [0.1, 0.15) is 0 Å². The van der Waals surface area contributed by atoms with Crippen molar-refractivity contribution in [3.63, 3.8) is 0 Å². The Bertz CT molecular complexity index is 242. The van der Waals surface area contributed by atoms with Gasteiger partial charge in [0, 0.05) is 0 Å². The zero-order chi connectivity index (χ0) is 7.40. The lowest BCUT2D eigenvalue weighted by atomic mass is 10.2. The van der Waals surface area contributed by atoms with Crippen LogP contribution in [0.1, 0.15) is 11.2 Å². The molecule has 2 atom stereocenters. The number of hydrogen-bond acceptors (Lipinski definition) is 1. The average molecular weight is 230 g/mol. The molecule has 0 aliphatic heterocycles. The van der Waals surface area contributed by atoms with Crippen LogP contribution in [0.5, 0.6) is 0 Å². The maximum Gasteiger partial charge on any atom is 0.0851 e. The third-order valence-corrected chi connectivity index (χ3v) is 1.83. The van der Waals surface area contributed by atoms with Gasteiger partial charge in [-0.2, -0.15) is 5.26 Å². The van der Waals surface area contributed by atoms with Crippen LogP contribution in [0.3, 0.4) is 0 Å². The Labute approximate surface area is 79.4 Å². The van der Waals surface area contributed by atoms with E-state index in [4.69, 9.17) is 5.26 Å². The Kier molecular flexibility index (Phi) is 5.11. The summed E-state index contributed by atoms with van der Waals surface area (Å²) >= 11 is 0. The van der Waals surface area contributed by atoms with Crippen molar-refractivity contribution in [3.05, 3.63) is 35.9 Å². The van der Waals surface area contributed by atoms with Gasteiger partial charge < -0.3 is 0 Å². The Morgan fingerprint density at radius 2 is 1.82 bits per heavy atom. The molecule has 0 aliphatic carbocycles. The highest BCUT2D eigenvalue weighted by atomic mass is 79.9. The lowest BCUT2D eigenvalue weighted by Gasteiger charge is -1.98. The van der Waals surface area contributed by atoms with Gasteiger partial charge in [0.15, 0.2) is 0 Å². The van der Waals surface area contributed by atoms with Crippen LogP contribution in [0.4, 0.5) is 0 Å². The molecule has 0 saturated carbocycles. The summed E-state index contributed by atoms with van der Waals surface area (Å²) in [5, 5.41) is 8.52. The van der Waals surface area contributed by atoms with Gasteiger partial charge in [0.05, 0.1) is 11.7 Å². The standard InChI is InChI=1S/C8H8NP.BrH/c9-6-8(10)7-4-2-1-3-5-7;/h1-5,8H,10H2;1H. The SMILES string of the molecule is Br.N#CC(P)c1ccccc1. The molecule has 0 aromatic heterocycles. The highest BCUT2D eigenvalue weighted by molar-refractivity contribution is 8.93. The first-order valence-electron chi connectivity index (χ1n) is 3.04. The number of nitriles is 1. The first-order chi connectivity index (χ1) is 4.84. The van der Waals surface area contributed by atoms with Crippen LogP contribution in [-0.4, -0.2) is 0 Å². The molecule has 0 spiro atoms. The van der Waals surface area contributed by atoms with Crippen molar-refractivity contribution >= 4 is 26.2 Å². The van der Waals surface area contributed by atoms with Crippen molar-refractivity contribution in [1.29, 1.82) is 5.26 Å². The fourth-order valence-electron chi connectivity index (χ4n) is 0.735. The Morgan fingerprint density at radius 3 is 2.27 bits per heavy atom. The van der Waals surface area contributed by atoms with E-state index in [-0.39, 0.29) is 22.6 Å². The van der Waals surface area contributed by atoms with E-state index < -0.39 is 0 Å². The van der Waals surface area contributed by atoms with E-state index in [0.717, 1.165) is 5.56 Å². The first kappa shape index (κ1) is 10.6. The molecule has 1 aromatic rings. The minimum absolute atomic E-state index is 0. The summed E-state index contributed by atoms with van der Waals surface area (Å²) in [4.78, 5) is 0. The summed E-state index contributed by atoms with van der Waals surface area (Å²) in [6.07, 6.45) is 0. The van der Waals surface area contributed by atoms with Crippen LogP contribution in [0.25, 0.3) is 0 Å². The van der Waals surface area contributed by atoms with Crippen LogP contribution >= 0.6 is 26.2 Å². The van der Waals surface area contributed by atoms with E-state index >= 15 is 0 Å². The van der Waals surface area contributed by atoms with Crippen LogP contribution in [0.2, 0.25) is 0 Å². The Morgan fingerprint density at radius 1 is 1.27 bits per heavy atom. The molecular formula is C8H9BrNP. The maximum absolute atomic E-state index is 8.52. The summed E-state index contributed by atoms with van der Waals surface area (Å²) in [5.41, 5.74) is 0.983. The van der Waals surface area contributed by atoms with Gasteiger partial charge in [-0.3, -0.25) is 0 Å². The minimum Gasteiger partial charge on any atom is -0.197 e. The quantitative estimate of drug-likeness (QED) is 0.680. The molecule has 1 aromatic carbocycles. The molecule has 0 radical (unpaired) electrons. The van der Waals surface area contributed by atoms with Gasteiger partial charge in [-0.15, -0.1) is 26.2 Å². The summed E-state index contributed by atoms with van der Waals surface area (Å²) in [6, 6.07) is 11.8. The number of hydrogen-bond donors (Lipinski definition) is 0. The van der Waals surface area contributed by atoms with E-state index in [1.54, 1.807) is 0 Å². The van der Waals surface area contributed by atoms with Gasteiger partial charge >= 0.3 is 0 Å². The summed E-state index contributed by atoms with van der Waals surface area (Å²) in [5.74, 6) is 0. The predicted octanol–water partition coefficient (Wildman–Crippen LogP) is 2.70. The molecule has 1 rings (SSSR count). The van der Waals surface area contributed by atoms with Gasteiger partial charge in [-0.05, 0) is 5.56 Å². The molecule has 0 saturated heterocycles. The smallest absolute Gasteiger partial charge is 0.0851 e. The van der Waals surface area contributed by atoms with E-state index in [1.807, 2.05) is 30.3 Å². The normalized spacial score (nSPS) is 10.9. The summed E-state index contributed by atoms with van der Waals surface area (Å²) in [7, 11) is 2.49. The van der Waals surface area contributed by atoms with E-state index in [2.05, 4.69) is 15.3 Å². The molecule has 0 aliphatic rings.